The molecule has 2 aliphatic heterocycles. The Morgan fingerprint density at radius 3 is 1.50 bits per heavy atom. The first-order valence-electron chi connectivity index (χ1n) is 19.9. The van der Waals surface area contributed by atoms with Gasteiger partial charge in [0.15, 0.2) is 0 Å². The van der Waals surface area contributed by atoms with Gasteiger partial charge in [0.1, 0.15) is 0 Å². The van der Waals surface area contributed by atoms with Crippen molar-refractivity contribution in [3.63, 3.8) is 0 Å². The molecule has 0 spiro atoms. The fourth-order valence-electron chi connectivity index (χ4n) is 9.84. The van der Waals surface area contributed by atoms with Gasteiger partial charge in [-0.15, -0.1) is 0 Å². The molecule has 3 heterocycles. The fraction of sp³-hybridized carbons (Fsp3) is 0.111. The van der Waals surface area contributed by atoms with Crippen LogP contribution < -0.4 is 4.90 Å². The zero-order valence-electron chi connectivity index (χ0n) is 32.4. The summed E-state index contributed by atoms with van der Waals surface area (Å²) in [6, 6.07) is 71.8. The molecule has 56 heavy (non-hydrogen) atoms. The topological polar surface area (TPSA) is 8.17 Å². The summed E-state index contributed by atoms with van der Waals surface area (Å²) in [5, 5.41) is 2.60. The first kappa shape index (κ1) is 33.9. The second kappa shape index (κ2) is 13.0. The Hall–Kier alpha value is -6.64. The Kier molecular flexibility index (Phi) is 7.87. The molecule has 11 rings (SSSR count). The van der Waals surface area contributed by atoms with E-state index in [1.54, 1.807) is 0 Å². The lowest BCUT2D eigenvalue weighted by atomic mass is 9.62. The van der Waals surface area contributed by atoms with Gasteiger partial charge in [-0.2, -0.15) is 0 Å². The number of para-hydroxylation sites is 4. The fourth-order valence-corrected chi connectivity index (χ4v) is 9.84. The van der Waals surface area contributed by atoms with E-state index >= 15 is 0 Å². The molecule has 0 bridgehead atoms. The van der Waals surface area contributed by atoms with Crippen molar-refractivity contribution < 1.29 is 0 Å². The molecule has 0 atom stereocenters. The third-order valence-electron chi connectivity index (χ3n) is 12.2. The van der Waals surface area contributed by atoms with E-state index in [2.05, 4.69) is 217 Å². The van der Waals surface area contributed by atoms with Gasteiger partial charge in [-0.25, -0.2) is 0 Å². The van der Waals surface area contributed by atoms with Gasteiger partial charge in [-0.1, -0.05) is 179 Å². The Bertz CT molecular complexity index is 2810. The van der Waals surface area contributed by atoms with Crippen molar-refractivity contribution in [2.75, 3.05) is 4.90 Å². The highest BCUT2D eigenvalue weighted by molar-refractivity contribution is 6.12. The van der Waals surface area contributed by atoms with Crippen molar-refractivity contribution in [3.05, 3.63) is 228 Å². The van der Waals surface area contributed by atoms with Gasteiger partial charge >= 0.3 is 0 Å². The first-order valence-corrected chi connectivity index (χ1v) is 19.9. The van der Waals surface area contributed by atoms with Crippen molar-refractivity contribution in [1.29, 1.82) is 0 Å². The lowest BCUT2D eigenvalue weighted by Gasteiger charge is -2.46. The third-order valence-corrected chi connectivity index (χ3v) is 12.2. The van der Waals surface area contributed by atoms with E-state index in [1.165, 1.54) is 83.4 Å². The van der Waals surface area contributed by atoms with Gasteiger partial charge in [0.25, 0.3) is 0 Å². The minimum atomic E-state index is -0.474. The normalized spacial score (nSPS) is 14.3. The van der Waals surface area contributed by atoms with Crippen molar-refractivity contribution in [2.24, 2.45) is 0 Å². The van der Waals surface area contributed by atoms with Crippen LogP contribution in [0.2, 0.25) is 0 Å². The molecule has 0 saturated carbocycles. The quantitative estimate of drug-likeness (QED) is 0.176. The summed E-state index contributed by atoms with van der Waals surface area (Å²) >= 11 is 0. The molecule has 1 aromatic heterocycles. The average molecular weight is 721 g/mol. The molecule has 0 radical (unpaired) electrons. The largest absolute Gasteiger partial charge is 0.310 e. The molecule has 2 heteroatoms. The number of hydrogen-bond donors (Lipinski definition) is 0. The molecule has 0 fully saturated rings. The lowest BCUT2D eigenvalue weighted by molar-refractivity contribution is 0.630. The molecular weight excluding hydrogens is 677 g/mol. The van der Waals surface area contributed by atoms with Gasteiger partial charge in [0.05, 0.1) is 33.5 Å². The van der Waals surface area contributed by atoms with Crippen LogP contribution in [0.25, 0.3) is 38.6 Å². The van der Waals surface area contributed by atoms with Crippen LogP contribution in [-0.2, 0) is 10.8 Å². The average Bonchev–Trinajstić information content (AvgIpc) is 3.60. The molecule has 0 N–H and O–H groups in total. The van der Waals surface area contributed by atoms with E-state index in [9.17, 15) is 0 Å². The highest BCUT2D eigenvalue weighted by Gasteiger charge is 2.46. The van der Waals surface area contributed by atoms with Crippen LogP contribution in [0.3, 0.4) is 0 Å². The first-order chi connectivity index (χ1) is 27.6. The number of benzene rings is 8. The maximum Gasteiger partial charge on any atom is 0.0742 e. The molecule has 0 unspecified atom stereocenters. The van der Waals surface area contributed by atoms with E-state index in [0.717, 1.165) is 5.69 Å². The van der Waals surface area contributed by atoms with E-state index in [4.69, 9.17) is 0 Å². The molecule has 9 aromatic rings. The zero-order chi connectivity index (χ0) is 38.0. The molecule has 8 aromatic carbocycles. The second-order valence-corrected chi connectivity index (χ2v) is 15.3. The van der Waals surface area contributed by atoms with E-state index < -0.39 is 5.41 Å². The summed E-state index contributed by atoms with van der Waals surface area (Å²) in [6.45, 7) is 8.72. The zero-order valence-corrected chi connectivity index (χ0v) is 32.4. The maximum atomic E-state index is 2.49. The molecule has 0 aliphatic carbocycles. The summed E-state index contributed by atoms with van der Waals surface area (Å²) in [7, 11) is 0. The monoisotopic (exact) mass is 720 g/mol. The van der Waals surface area contributed by atoms with E-state index in [1.807, 2.05) is 13.8 Å². The number of fused-ring (bicyclic) bond motifs is 7. The van der Waals surface area contributed by atoms with E-state index in [-0.39, 0.29) is 5.41 Å². The van der Waals surface area contributed by atoms with Crippen LogP contribution in [0.15, 0.2) is 194 Å². The molecular formula is C54H44N2. The minimum Gasteiger partial charge on any atom is -0.310 e. The Balaban J connectivity index is 0.00000189. The second-order valence-electron chi connectivity index (χ2n) is 15.3. The van der Waals surface area contributed by atoms with Crippen LogP contribution in [0.4, 0.5) is 17.1 Å². The van der Waals surface area contributed by atoms with Gasteiger partial charge in [0, 0.05) is 21.9 Å². The van der Waals surface area contributed by atoms with Crippen LogP contribution in [0.5, 0.6) is 0 Å². The third kappa shape index (κ3) is 4.69. The summed E-state index contributed by atoms with van der Waals surface area (Å²) < 4.78 is 2.49. The molecule has 0 amide bonds. The Morgan fingerprint density at radius 2 is 0.893 bits per heavy atom. The summed E-state index contributed by atoms with van der Waals surface area (Å²) in [5.74, 6) is 0. The van der Waals surface area contributed by atoms with Crippen molar-refractivity contribution in [2.45, 2.75) is 38.5 Å². The number of anilines is 3. The smallest absolute Gasteiger partial charge is 0.0742 e. The molecule has 270 valence electrons. The van der Waals surface area contributed by atoms with Gasteiger partial charge < -0.3 is 9.47 Å². The predicted octanol–water partition coefficient (Wildman–Crippen LogP) is 14.3. The SMILES string of the molecule is CC.CC1(C)c2ccccc2-n2c3ccc(-c4ccc(N5c6ccccc6C(c6ccccc6)(c6ccccc6)c6ccccc65)cc4)cc3c3cccc1c32. The van der Waals surface area contributed by atoms with Crippen molar-refractivity contribution >= 4 is 38.9 Å². The highest BCUT2D eigenvalue weighted by Crippen LogP contribution is 2.57. The molecule has 2 aliphatic rings. The Labute approximate surface area is 330 Å². The van der Waals surface area contributed by atoms with Crippen molar-refractivity contribution in [1.82, 2.24) is 4.57 Å². The molecule has 2 nitrogen and oxygen atoms in total. The predicted molar refractivity (Wildman–Crippen MR) is 236 cm³/mol. The van der Waals surface area contributed by atoms with Crippen molar-refractivity contribution in [3.8, 4) is 16.8 Å². The molecule has 0 saturated heterocycles. The van der Waals surface area contributed by atoms with Gasteiger partial charge in [-0.05, 0) is 87.0 Å². The minimum absolute atomic E-state index is 0.0767. The Morgan fingerprint density at radius 1 is 0.393 bits per heavy atom. The van der Waals surface area contributed by atoms with Gasteiger partial charge in [-0.3, -0.25) is 0 Å². The maximum absolute atomic E-state index is 2.49. The van der Waals surface area contributed by atoms with E-state index in [0.29, 0.717) is 0 Å². The number of hydrogen-bond acceptors (Lipinski definition) is 1. The number of rotatable bonds is 4. The van der Waals surface area contributed by atoms with Crippen LogP contribution in [0, 0.1) is 0 Å². The summed E-state index contributed by atoms with van der Waals surface area (Å²) in [5.41, 5.74) is 17.1. The standard InChI is InChI=1S/C52H38N2.C2H6/c1-51(2)42-21-9-12-25-47(42)54-46-33-30-36(34-41(46)40-20-15-24-45(51)50(40)54)35-28-31-39(32-29-35)53-48-26-13-10-22-43(48)52(37-16-5-3-6-17-37,38-18-7-4-8-19-38)44-23-11-14-27-49(44)53;1-2/h3-34H,1-2H3;1-2H3. The number of nitrogens with zero attached hydrogens (tertiary/aromatic N) is 2. The van der Waals surface area contributed by atoms with Crippen LogP contribution >= 0.6 is 0 Å². The highest BCUT2D eigenvalue weighted by atomic mass is 15.2. The van der Waals surface area contributed by atoms with Gasteiger partial charge in [0.2, 0.25) is 0 Å². The number of aromatic nitrogens is 1. The lowest BCUT2D eigenvalue weighted by Crippen LogP contribution is -2.37. The van der Waals surface area contributed by atoms with Crippen LogP contribution in [0.1, 0.15) is 61.1 Å². The summed E-state index contributed by atoms with van der Waals surface area (Å²) in [4.78, 5) is 2.45. The van der Waals surface area contributed by atoms with Crippen LogP contribution in [-0.4, -0.2) is 4.57 Å². The summed E-state index contributed by atoms with van der Waals surface area (Å²) in [6.07, 6.45) is 0.